The predicted molar refractivity (Wildman–Crippen MR) is 104 cm³/mol. The van der Waals surface area contributed by atoms with Crippen LogP contribution >= 0.6 is 0 Å². The summed E-state index contributed by atoms with van der Waals surface area (Å²) in [7, 11) is 0. The van der Waals surface area contributed by atoms with Crippen molar-refractivity contribution in [2.75, 3.05) is 0 Å². The van der Waals surface area contributed by atoms with Crippen molar-refractivity contribution < 1.29 is 0 Å². The van der Waals surface area contributed by atoms with Gasteiger partial charge in [0.15, 0.2) is 0 Å². The topological polar surface area (TPSA) is 25.8 Å². The summed E-state index contributed by atoms with van der Waals surface area (Å²) in [5.41, 5.74) is 9.14. The summed E-state index contributed by atoms with van der Waals surface area (Å²) in [6.45, 7) is 9.72. The molecule has 6 aliphatic rings. The van der Waals surface area contributed by atoms with Crippen molar-refractivity contribution in [1.29, 1.82) is 0 Å². The van der Waals surface area contributed by atoms with Crippen LogP contribution in [0.5, 0.6) is 0 Å². The molecule has 2 heteroatoms. The molecule has 0 radical (unpaired) electrons. The van der Waals surface area contributed by atoms with Crippen molar-refractivity contribution >= 4 is 0 Å². The van der Waals surface area contributed by atoms with Gasteiger partial charge in [0, 0.05) is 12.4 Å². The second-order valence-electron chi connectivity index (χ2n) is 10.6. The van der Waals surface area contributed by atoms with Gasteiger partial charge >= 0.3 is 0 Å². The lowest BCUT2D eigenvalue weighted by Crippen LogP contribution is -2.48. The molecule has 0 unspecified atom stereocenters. The molecular formula is C24H28N2. The maximum atomic E-state index is 4.85. The fourth-order valence-electron chi connectivity index (χ4n) is 6.59. The summed E-state index contributed by atoms with van der Waals surface area (Å²) in [5, 5.41) is 0. The number of nitrogens with zero attached hydrogens (tertiary/aromatic N) is 2. The molecule has 0 spiro atoms. The highest BCUT2D eigenvalue weighted by molar-refractivity contribution is 5.59. The van der Waals surface area contributed by atoms with Gasteiger partial charge in [-0.25, -0.2) is 0 Å². The maximum absolute atomic E-state index is 4.85. The van der Waals surface area contributed by atoms with Crippen LogP contribution in [-0.2, 0) is 12.8 Å². The molecule has 2 heterocycles. The Kier molecular flexibility index (Phi) is 2.71. The molecular weight excluding hydrogens is 316 g/mol. The van der Waals surface area contributed by atoms with Gasteiger partial charge in [0.25, 0.3) is 0 Å². The molecule has 2 aromatic heterocycles. The number of hydrogen-bond acceptors (Lipinski definition) is 2. The van der Waals surface area contributed by atoms with Crippen molar-refractivity contribution in [3.05, 3.63) is 46.8 Å². The maximum Gasteiger partial charge on any atom is 0.0889 e. The second kappa shape index (κ2) is 4.58. The minimum Gasteiger partial charge on any atom is -0.254 e. The Labute approximate surface area is 156 Å². The van der Waals surface area contributed by atoms with E-state index in [1.807, 2.05) is 0 Å². The van der Waals surface area contributed by atoms with Crippen LogP contribution in [0.15, 0.2) is 24.5 Å². The summed E-state index contributed by atoms with van der Waals surface area (Å²) >= 11 is 0. The van der Waals surface area contributed by atoms with E-state index >= 15 is 0 Å². The van der Waals surface area contributed by atoms with Gasteiger partial charge in [-0.1, -0.05) is 27.7 Å². The molecule has 0 N–H and O–H groups in total. The molecule has 6 aliphatic carbocycles. The SMILES string of the molecule is CC1(C)[C@@H]2Cc3cc(-c4cc5c(cn4)[C@H]4C[C@@H](C5)C4(C)C)ncc3[C@H]1C2. The molecule has 2 saturated carbocycles. The van der Waals surface area contributed by atoms with E-state index in [-0.39, 0.29) is 0 Å². The van der Waals surface area contributed by atoms with E-state index in [1.54, 1.807) is 0 Å². The fraction of sp³-hybridized carbons (Fsp3) is 0.583. The van der Waals surface area contributed by atoms with E-state index in [1.165, 1.54) is 47.9 Å². The zero-order valence-electron chi connectivity index (χ0n) is 16.3. The number of aromatic nitrogens is 2. The van der Waals surface area contributed by atoms with Gasteiger partial charge in [-0.15, -0.1) is 0 Å². The van der Waals surface area contributed by atoms with Crippen molar-refractivity contribution in [3.63, 3.8) is 0 Å². The van der Waals surface area contributed by atoms with Crippen molar-refractivity contribution in [2.24, 2.45) is 22.7 Å². The third-order valence-electron chi connectivity index (χ3n) is 8.94. The monoisotopic (exact) mass is 344 g/mol. The van der Waals surface area contributed by atoms with Gasteiger partial charge in [-0.05, 0) is 94.6 Å². The van der Waals surface area contributed by atoms with E-state index in [9.17, 15) is 0 Å². The second-order valence-corrected chi connectivity index (χ2v) is 10.6. The van der Waals surface area contributed by atoms with Gasteiger partial charge in [-0.2, -0.15) is 0 Å². The van der Waals surface area contributed by atoms with Crippen LogP contribution in [0.2, 0.25) is 0 Å². The smallest absolute Gasteiger partial charge is 0.0889 e. The van der Waals surface area contributed by atoms with E-state index < -0.39 is 0 Å². The molecule has 26 heavy (non-hydrogen) atoms. The molecule has 8 rings (SSSR count). The highest BCUT2D eigenvalue weighted by Gasteiger charge is 2.53. The lowest BCUT2D eigenvalue weighted by molar-refractivity contribution is 0.0182. The van der Waals surface area contributed by atoms with Crippen molar-refractivity contribution in [3.8, 4) is 11.4 Å². The number of rotatable bonds is 1. The van der Waals surface area contributed by atoms with Crippen molar-refractivity contribution in [1.82, 2.24) is 9.97 Å². The van der Waals surface area contributed by atoms with Crippen LogP contribution in [0.3, 0.4) is 0 Å². The summed E-state index contributed by atoms with van der Waals surface area (Å²) in [4.78, 5) is 9.70. The molecule has 134 valence electrons. The first kappa shape index (κ1) is 15.4. The van der Waals surface area contributed by atoms with E-state index in [2.05, 4.69) is 52.2 Å². The van der Waals surface area contributed by atoms with Crippen LogP contribution in [0.1, 0.15) is 74.6 Å². The first-order valence-corrected chi connectivity index (χ1v) is 10.3. The third-order valence-corrected chi connectivity index (χ3v) is 8.94. The van der Waals surface area contributed by atoms with E-state index in [0.717, 1.165) is 23.2 Å². The van der Waals surface area contributed by atoms with Crippen LogP contribution < -0.4 is 0 Å². The van der Waals surface area contributed by atoms with Gasteiger partial charge in [0.1, 0.15) is 0 Å². The first-order chi connectivity index (χ1) is 12.4. The lowest BCUT2D eigenvalue weighted by Gasteiger charge is -2.57. The van der Waals surface area contributed by atoms with Crippen LogP contribution in [0.25, 0.3) is 11.4 Å². The number of pyridine rings is 2. The summed E-state index contributed by atoms with van der Waals surface area (Å²) in [5.74, 6) is 3.12. The average molecular weight is 345 g/mol. The van der Waals surface area contributed by atoms with Crippen LogP contribution in [-0.4, -0.2) is 9.97 Å². The first-order valence-electron chi connectivity index (χ1n) is 10.3. The highest BCUT2D eigenvalue weighted by Crippen LogP contribution is 2.63. The van der Waals surface area contributed by atoms with Crippen LogP contribution in [0.4, 0.5) is 0 Å². The minimum atomic E-state index is 0.466. The van der Waals surface area contributed by atoms with Gasteiger partial charge in [-0.3, -0.25) is 9.97 Å². The number of hydrogen-bond donors (Lipinski definition) is 0. The third kappa shape index (κ3) is 1.74. The molecule has 2 nitrogen and oxygen atoms in total. The molecule has 0 saturated heterocycles. The van der Waals surface area contributed by atoms with Gasteiger partial charge in [0.05, 0.1) is 11.4 Å². The van der Waals surface area contributed by atoms with Crippen LogP contribution in [0, 0.1) is 22.7 Å². The molecule has 2 aromatic rings. The summed E-state index contributed by atoms with van der Waals surface area (Å²) in [6, 6.07) is 4.68. The molecule has 0 aliphatic heterocycles. The zero-order valence-corrected chi connectivity index (χ0v) is 16.3. The molecule has 2 fully saturated rings. The Bertz CT molecular complexity index is 862. The Hall–Kier alpha value is -1.70. The molecule has 4 bridgehead atoms. The standard InChI is InChI=1S/C24H28N2/c1-23(2)15-5-13-7-21(25-11-17(13)19(23)9-15)22-8-14-6-16-10-20(24(16,3)4)18(14)12-26-22/h7-8,11-12,15-16,19-20H,5-6,9-10H2,1-4H3/t15-,16-,19-,20-/m1/s1. The van der Waals surface area contributed by atoms with Gasteiger partial charge in [0.2, 0.25) is 0 Å². The quantitative estimate of drug-likeness (QED) is 0.681. The Balaban J connectivity index is 1.37. The molecule has 4 atom stereocenters. The Morgan fingerprint density at radius 1 is 0.731 bits per heavy atom. The largest absolute Gasteiger partial charge is 0.254 e. The Morgan fingerprint density at radius 3 is 1.54 bits per heavy atom. The van der Waals surface area contributed by atoms with Crippen molar-refractivity contribution in [2.45, 2.75) is 65.2 Å². The average Bonchev–Trinajstić information content (AvgIpc) is 2.65. The Morgan fingerprint density at radius 2 is 1.15 bits per heavy atom. The van der Waals surface area contributed by atoms with E-state index in [4.69, 9.17) is 9.97 Å². The minimum absolute atomic E-state index is 0.466. The van der Waals surface area contributed by atoms with E-state index in [0.29, 0.717) is 22.7 Å². The fourth-order valence-corrected chi connectivity index (χ4v) is 6.59. The summed E-state index contributed by atoms with van der Waals surface area (Å²) < 4.78 is 0. The molecule has 0 amide bonds. The normalized spacial score (nSPS) is 34.2. The molecule has 0 aromatic carbocycles. The highest BCUT2D eigenvalue weighted by atomic mass is 14.8. The predicted octanol–water partition coefficient (Wildman–Crippen LogP) is 5.52. The van der Waals surface area contributed by atoms with Gasteiger partial charge < -0.3 is 0 Å². The lowest BCUT2D eigenvalue weighted by atomic mass is 9.47. The zero-order chi connectivity index (χ0) is 17.8. The summed E-state index contributed by atoms with van der Waals surface area (Å²) in [6.07, 6.45) is 9.48.